The Morgan fingerprint density at radius 3 is 2.90 bits per heavy atom. The zero-order chi connectivity index (χ0) is 14.5. The lowest BCUT2D eigenvalue weighted by Gasteiger charge is -2.06. The SMILES string of the molecule is CCCc1cc(C(=O)NCc2cnc(C)s2)cc(Cl)n1. The molecule has 0 saturated carbocycles. The minimum absolute atomic E-state index is 0.141. The van der Waals surface area contributed by atoms with E-state index >= 15 is 0 Å². The van der Waals surface area contributed by atoms with Crippen LogP contribution < -0.4 is 5.32 Å². The third kappa shape index (κ3) is 4.02. The number of carbonyl (C=O) groups excluding carboxylic acids is 1. The van der Waals surface area contributed by atoms with Crippen molar-refractivity contribution in [3.8, 4) is 0 Å². The Kier molecular flexibility index (Phi) is 5.09. The van der Waals surface area contributed by atoms with Gasteiger partial charge in [0.15, 0.2) is 0 Å². The molecule has 0 atom stereocenters. The van der Waals surface area contributed by atoms with Gasteiger partial charge in [0.05, 0.1) is 11.6 Å². The summed E-state index contributed by atoms with van der Waals surface area (Å²) in [5.41, 5.74) is 1.40. The molecule has 0 aliphatic rings. The number of aryl methyl sites for hydroxylation is 2. The highest BCUT2D eigenvalue weighted by Crippen LogP contribution is 2.14. The average molecular weight is 310 g/mol. The van der Waals surface area contributed by atoms with Crippen molar-refractivity contribution in [3.63, 3.8) is 0 Å². The Balaban J connectivity index is 2.04. The van der Waals surface area contributed by atoms with E-state index in [4.69, 9.17) is 11.6 Å². The highest BCUT2D eigenvalue weighted by molar-refractivity contribution is 7.11. The molecule has 0 aliphatic heterocycles. The van der Waals surface area contributed by atoms with Gasteiger partial charge in [0, 0.05) is 22.3 Å². The zero-order valence-electron chi connectivity index (χ0n) is 11.4. The Labute approximate surface area is 127 Å². The molecule has 106 valence electrons. The fraction of sp³-hybridized carbons (Fsp3) is 0.357. The minimum atomic E-state index is -0.141. The number of amides is 1. The van der Waals surface area contributed by atoms with Crippen LogP contribution in [0.5, 0.6) is 0 Å². The molecule has 0 unspecified atom stereocenters. The fourth-order valence-electron chi connectivity index (χ4n) is 1.82. The monoisotopic (exact) mass is 309 g/mol. The lowest BCUT2D eigenvalue weighted by molar-refractivity contribution is 0.0951. The molecule has 1 amide bonds. The van der Waals surface area contributed by atoms with Crippen LogP contribution in [0.2, 0.25) is 5.15 Å². The van der Waals surface area contributed by atoms with Crippen molar-refractivity contribution < 1.29 is 4.79 Å². The summed E-state index contributed by atoms with van der Waals surface area (Å²) in [4.78, 5) is 21.5. The van der Waals surface area contributed by atoms with Crippen LogP contribution in [0.15, 0.2) is 18.3 Å². The molecule has 0 spiro atoms. The predicted molar refractivity (Wildman–Crippen MR) is 81.3 cm³/mol. The topological polar surface area (TPSA) is 54.9 Å². The van der Waals surface area contributed by atoms with Crippen molar-refractivity contribution in [2.24, 2.45) is 0 Å². The maximum Gasteiger partial charge on any atom is 0.251 e. The molecule has 0 aliphatic carbocycles. The lowest BCUT2D eigenvalue weighted by atomic mass is 10.1. The third-order valence-electron chi connectivity index (χ3n) is 2.71. The number of nitrogens with one attached hydrogen (secondary N) is 1. The van der Waals surface area contributed by atoms with Crippen molar-refractivity contribution in [1.29, 1.82) is 0 Å². The average Bonchev–Trinajstić information content (AvgIpc) is 2.81. The fourth-order valence-corrected chi connectivity index (χ4v) is 2.78. The van der Waals surface area contributed by atoms with Gasteiger partial charge in [0.1, 0.15) is 5.15 Å². The first-order valence-electron chi connectivity index (χ1n) is 6.44. The van der Waals surface area contributed by atoms with Gasteiger partial charge in [-0.25, -0.2) is 9.97 Å². The molecule has 0 fully saturated rings. The molecular weight excluding hydrogens is 294 g/mol. The maximum absolute atomic E-state index is 12.1. The first kappa shape index (κ1) is 14.9. The summed E-state index contributed by atoms with van der Waals surface area (Å²) in [6.07, 6.45) is 3.56. The number of pyridine rings is 1. The van der Waals surface area contributed by atoms with E-state index in [2.05, 4.69) is 22.2 Å². The van der Waals surface area contributed by atoms with Crippen LogP contribution in [0, 0.1) is 6.92 Å². The van der Waals surface area contributed by atoms with Gasteiger partial charge in [-0.1, -0.05) is 24.9 Å². The van der Waals surface area contributed by atoms with Crippen molar-refractivity contribution in [1.82, 2.24) is 15.3 Å². The number of hydrogen-bond donors (Lipinski definition) is 1. The summed E-state index contributed by atoms with van der Waals surface area (Å²) in [6, 6.07) is 3.39. The second-order valence-corrected chi connectivity index (χ2v) is 6.15. The van der Waals surface area contributed by atoms with Gasteiger partial charge in [-0.2, -0.15) is 0 Å². The van der Waals surface area contributed by atoms with Crippen molar-refractivity contribution in [3.05, 3.63) is 44.6 Å². The molecule has 6 heteroatoms. The molecule has 0 aromatic carbocycles. The number of aromatic nitrogens is 2. The lowest BCUT2D eigenvalue weighted by Crippen LogP contribution is -2.22. The minimum Gasteiger partial charge on any atom is -0.347 e. The van der Waals surface area contributed by atoms with Crippen LogP contribution in [0.25, 0.3) is 0 Å². The Bertz CT molecular complexity index is 612. The molecular formula is C14H16ClN3OS. The molecule has 1 N–H and O–H groups in total. The van der Waals surface area contributed by atoms with Crippen LogP contribution in [0.1, 0.15) is 39.3 Å². The second kappa shape index (κ2) is 6.81. The van der Waals surface area contributed by atoms with Gasteiger partial charge in [0.25, 0.3) is 5.91 Å². The molecule has 2 aromatic heterocycles. The van der Waals surface area contributed by atoms with Crippen LogP contribution in [-0.2, 0) is 13.0 Å². The van der Waals surface area contributed by atoms with E-state index in [1.165, 1.54) is 0 Å². The Morgan fingerprint density at radius 2 is 2.25 bits per heavy atom. The van der Waals surface area contributed by atoms with Gasteiger partial charge in [-0.3, -0.25) is 4.79 Å². The summed E-state index contributed by atoms with van der Waals surface area (Å²) in [5, 5.41) is 4.22. The first-order valence-corrected chi connectivity index (χ1v) is 7.64. The molecule has 0 bridgehead atoms. The van der Waals surface area contributed by atoms with E-state index < -0.39 is 0 Å². The normalized spacial score (nSPS) is 10.6. The molecule has 0 saturated heterocycles. The number of thiazole rings is 1. The number of hydrogen-bond acceptors (Lipinski definition) is 4. The maximum atomic E-state index is 12.1. The largest absolute Gasteiger partial charge is 0.347 e. The van der Waals surface area contributed by atoms with Gasteiger partial charge >= 0.3 is 0 Å². The quantitative estimate of drug-likeness (QED) is 0.861. The van der Waals surface area contributed by atoms with Crippen LogP contribution >= 0.6 is 22.9 Å². The molecule has 2 heterocycles. The summed E-state index contributed by atoms with van der Waals surface area (Å²) in [6.45, 7) is 4.48. The number of carbonyl (C=O) groups is 1. The number of nitrogens with zero attached hydrogens (tertiary/aromatic N) is 2. The van der Waals surface area contributed by atoms with Crippen LogP contribution in [0.4, 0.5) is 0 Å². The smallest absolute Gasteiger partial charge is 0.251 e. The predicted octanol–water partition coefficient (Wildman–Crippen LogP) is 3.38. The first-order chi connectivity index (χ1) is 9.58. The third-order valence-corrected chi connectivity index (χ3v) is 3.81. The summed E-state index contributed by atoms with van der Waals surface area (Å²) in [5.74, 6) is -0.141. The summed E-state index contributed by atoms with van der Waals surface area (Å²) < 4.78 is 0. The van der Waals surface area contributed by atoms with E-state index in [9.17, 15) is 4.79 Å². The van der Waals surface area contributed by atoms with E-state index in [0.29, 0.717) is 17.3 Å². The number of halogens is 1. The van der Waals surface area contributed by atoms with Crippen molar-refractivity contribution in [2.45, 2.75) is 33.2 Å². The molecule has 2 rings (SSSR count). The van der Waals surface area contributed by atoms with Gasteiger partial charge in [-0.15, -0.1) is 11.3 Å². The van der Waals surface area contributed by atoms with Gasteiger partial charge in [0.2, 0.25) is 0 Å². The Morgan fingerprint density at radius 1 is 1.45 bits per heavy atom. The Hall–Kier alpha value is -1.46. The molecule has 2 aromatic rings. The second-order valence-electron chi connectivity index (χ2n) is 4.45. The molecule has 0 radical (unpaired) electrons. The van der Waals surface area contributed by atoms with Crippen molar-refractivity contribution in [2.75, 3.05) is 0 Å². The standard InChI is InChI=1S/C14H16ClN3OS/c1-3-4-11-5-10(6-13(15)18-11)14(19)17-8-12-7-16-9(2)20-12/h5-7H,3-4,8H2,1-2H3,(H,17,19). The van der Waals surface area contributed by atoms with Gasteiger partial charge in [-0.05, 0) is 25.5 Å². The zero-order valence-corrected chi connectivity index (χ0v) is 13.0. The van der Waals surface area contributed by atoms with E-state index in [0.717, 1.165) is 28.4 Å². The van der Waals surface area contributed by atoms with Gasteiger partial charge < -0.3 is 5.32 Å². The molecule has 4 nitrogen and oxygen atoms in total. The highest BCUT2D eigenvalue weighted by atomic mass is 35.5. The van der Waals surface area contributed by atoms with Crippen molar-refractivity contribution >= 4 is 28.8 Å². The molecule has 20 heavy (non-hydrogen) atoms. The van der Waals surface area contributed by atoms with Crippen LogP contribution in [-0.4, -0.2) is 15.9 Å². The summed E-state index contributed by atoms with van der Waals surface area (Å²) in [7, 11) is 0. The van der Waals surface area contributed by atoms with E-state index in [1.54, 1.807) is 29.7 Å². The number of rotatable bonds is 5. The van der Waals surface area contributed by atoms with E-state index in [-0.39, 0.29) is 5.91 Å². The summed E-state index contributed by atoms with van der Waals surface area (Å²) >= 11 is 7.53. The highest BCUT2D eigenvalue weighted by Gasteiger charge is 2.09. The van der Waals surface area contributed by atoms with E-state index in [1.807, 2.05) is 6.92 Å². The van der Waals surface area contributed by atoms with Crippen LogP contribution in [0.3, 0.4) is 0 Å².